The molecular formula is C28H40N6O4. The average Bonchev–Trinajstić information content (AvgIpc) is 2.86. The molecule has 1 N–H and O–H groups in total. The van der Waals surface area contributed by atoms with E-state index >= 15 is 0 Å². The quantitative estimate of drug-likeness (QED) is 0.610. The fraction of sp³-hybridized carbons (Fsp3) is 0.571. The molecule has 4 rings (SSSR count). The molecule has 1 aromatic heterocycles. The van der Waals surface area contributed by atoms with E-state index in [4.69, 9.17) is 9.84 Å². The first-order valence-corrected chi connectivity index (χ1v) is 13.3. The summed E-state index contributed by atoms with van der Waals surface area (Å²) in [5.41, 5.74) is 0.804. The van der Waals surface area contributed by atoms with Crippen LogP contribution in [0.3, 0.4) is 0 Å². The lowest BCUT2D eigenvalue weighted by Gasteiger charge is -2.48. The maximum atomic E-state index is 13.1. The summed E-state index contributed by atoms with van der Waals surface area (Å²) in [6.45, 7) is 15.3. The van der Waals surface area contributed by atoms with Gasteiger partial charge in [0.05, 0.1) is 5.56 Å². The SMILES string of the molecule is C[C@@H]1CN(c2ncc(C(=O)O)cn2)CCN1C[C@H]1CN(C(=O)OC(C)(C)C)[C@H](C)CN1Cc1ccccc1. The molecule has 0 spiro atoms. The highest BCUT2D eigenvalue weighted by Crippen LogP contribution is 2.24. The number of carboxylic acids is 1. The first-order valence-electron chi connectivity index (χ1n) is 13.3. The van der Waals surface area contributed by atoms with Crippen molar-refractivity contribution in [2.45, 2.75) is 64.9 Å². The predicted molar refractivity (Wildman–Crippen MR) is 145 cm³/mol. The van der Waals surface area contributed by atoms with Crippen LogP contribution in [-0.2, 0) is 11.3 Å². The molecule has 1 amide bonds. The smallest absolute Gasteiger partial charge is 0.410 e. The largest absolute Gasteiger partial charge is 0.478 e. The molecule has 2 aliphatic rings. The van der Waals surface area contributed by atoms with Crippen LogP contribution in [0.2, 0.25) is 0 Å². The van der Waals surface area contributed by atoms with Crippen molar-refractivity contribution in [3.05, 3.63) is 53.9 Å². The monoisotopic (exact) mass is 524 g/mol. The van der Waals surface area contributed by atoms with E-state index in [9.17, 15) is 9.59 Å². The Bertz CT molecular complexity index is 1090. The Morgan fingerprint density at radius 3 is 2.26 bits per heavy atom. The van der Waals surface area contributed by atoms with Gasteiger partial charge in [-0.25, -0.2) is 19.6 Å². The van der Waals surface area contributed by atoms with Crippen LogP contribution in [0.4, 0.5) is 10.7 Å². The summed E-state index contributed by atoms with van der Waals surface area (Å²) in [4.78, 5) is 41.7. The van der Waals surface area contributed by atoms with E-state index in [2.05, 4.69) is 62.8 Å². The van der Waals surface area contributed by atoms with E-state index in [0.29, 0.717) is 12.5 Å². The van der Waals surface area contributed by atoms with Crippen molar-refractivity contribution >= 4 is 18.0 Å². The number of aromatic carboxylic acids is 1. The third-order valence-electron chi connectivity index (χ3n) is 7.19. The van der Waals surface area contributed by atoms with E-state index in [1.54, 1.807) is 0 Å². The van der Waals surface area contributed by atoms with Crippen molar-refractivity contribution in [3.63, 3.8) is 0 Å². The highest BCUT2D eigenvalue weighted by atomic mass is 16.6. The van der Waals surface area contributed by atoms with Gasteiger partial charge in [0.25, 0.3) is 0 Å². The summed E-state index contributed by atoms with van der Waals surface area (Å²) < 4.78 is 5.74. The van der Waals surface area contributed by atoms with Gasteiger partial charge >= 0.3 is 12.1 Å². The Kier molecular flexibility index (Phi) is 8.52. The minimum atomic E-state index is -1.03. The Morgan fingerprint density at radius 1 is 0.974 bits per heavy atom. The third-order valence-corrected chi connectivity index (χ3v) is 7.19. The van der Waals surface area contributed by atoms with Gasteiger partial charge in [-0.15, -0.1) is 0 Å². The number of carbonyl (C=O) groups is 2. The number of hydrogen-bond donors (Lipinski definition) is 1. The van der Waals surface area contributed by atoms with Crippen LogP contribution < -0.4 is 4.90 Å². The number of hydrogen-bond acceptors (Lipinski definition) is 8. The third kappa shape index (κ3) is 6.99. The van der Waals surface area contributed by atoms with Crippen molar-refractivity contribution < 1.29 is 19.4 Å². The van der Waals surface area contributed by atoms with Crippen molar-refractivity contribution in [1.82, 2.24) is 24.7 Å². The minimum Gasteiger partial charge on any atom is -0.478 e. The molecule has 10 nitrogen and oxygen atoms in total. The second-order valence-corrected chi connectivity index (χ2v) is 11.4. The fourth-order valence-electron chi connectivity index (χ4n) is 5.18. The second-order valence-electron chi connectivity index (χ2n) is 11.4. The first kappa shape index (κ1) is 27.8. The van der Waals surface area contributed by atoms with Gasteiger partial charge in [-0.1, -0.05) is 30.3 Å². The number of piperazine rings is 2. The molecule has 3 atom stereocenters. The van der Waals surface area contributed by atoms with Gasteiger partial charge in [0.2, 0.25) is 5.95 Å². The van der Waals surface area contributed by atoms with Crippen molar-refractivity contribution in [2.75, 3.05) is 44.2 Å². The van der Waals surface area contributed by atoms with Crippen molar-refractivity contribution in [1.29, 1.82) is 0 Å². The van der Waals surface area contributed by atoms with Gasteiger partial charge in [0.15, 0.2) is 0 Å². The normalized spacial score (nSPS) is 23.3. The summed E-state index contributed by atoms with van der Waals surface area (Å²) in [6.07, 6.45) is 2.46. The van der Waals surface area contributed by atoms with E-state index < -0.39 is 11.6 Å². The Labute approximate surface area is 225 Å². The van der Waals surface area contributed by atoms with Crippen LogP contribution in [0.15, 0.2) is 42.7 Å². The summed E-state index contributed by atoms with van der Waals surface area (Å²) in [5, 5.41) is 9.12. The van der Waals surface area contributed by atoms with Gasteiger partial charge in [0.1, 0.15) is 5.60 Å². The molecule has 1 aromatic carbocycles. The predicted octanol–water partition coefficient (Wildman–Crippen LogP) is 3.20. The molecule has 10 heteroatoms. The molecule has 2 saturated heterocycles. The zero-order valence-corrected chi connectivity index (χ0v) is 23.1. The molecule has 0 saturated carbocycles. The van der Waals surface area contributed by atoms with Crippen molar-refractivity contribution in [3.8, 4) is 0 Å². The average molecular weight is 525 g/mol. The van der Waals surface area contributed by atoms with E-state index in [1.165, 1.54) is 18.0 Å². The van der Waals surface area contributed by atoms with Gasteiger partial charge < -0.3 is 19.6 Å². The van der Waals surface area contributed by atoms with Gasteiger partial charge in [-0.2, -0.15) is 0 Å². The number of amides is 1. The highest BCUT2D eigenvalue weighted by molar-refractivity contribution is 5.86. The molecule has 206 valence electrons. The Morgan fingerprint density at radius 2 is 1.66 bits per heavy atom. The van der Waals surface area contributed by atoms with E-state index in [-0.39, 0.29) is 29.8 Å². The molecular weight excluding hydrogens is 484 g/mol. The van der Waals surface area contributed by atoms with Gasteiger partial charge in [0, 0.05) is 76.3 Å². The van der Waals surface area contributed by atoms with Crippen LogP contribution in [0.1, 0.15) is 50.5 Å². The molecule has 2 fully saturated rings. The summed E-state index contributed by atoms with van der Waals surface area (Å²) in [6, 6.07) is 10.9. The number of nitrogens with zero attached hydrogens (tertiary/aromatic N) is 6. The number of carbonyl (C=O) groups excluding carboxylic acids is 1. The molecule has 0 unspecified atom stereocenters. The molecule has 2 aromatic rings. The zero-order valence-electron chi connectivity index (χ0n) is 23.1. The standard InChI is InChI=1S/C28H40N6O4/c1-20-15-32(26-29-13-23(14-30-26)25(35)36)12-11-31(20)18-24-19-34(27(37)38-28(3,4)5)21(2)16-33(24)17-22-9-7-6-8-10-22/h6-10,13-14,20-21,24H,11-12,15-19H2,1-5H3,(H,35,36)/t20-,21-,24+/m1/s1. The Balaban J connectivity index is 1.46. The lowest BCUT2D eigenvalue weighted by atomic mass is 10.0. The first-order chi connectivity index (χ1) is 18.0. The van der Waals surface area contributed by atoms with E-state index in [0.717, 1.165) is 39.3 Å². The molecule has 0 aliphatic carbocycles. The summed E-state index contributed by atoms with van der Waals surface area (Å²) in [7, 11) is 0. The molecule has 3 heterocycles. The number of rotatable bonds is 6. The lowest BCUT2D eigenvalue weighted by Crippen LogP contribution is -2.63. The molecule has 0 bridgehead atoms. The number of anilines is 1. The van der Waals surface area contributed by atoms with Crippen LogP contribution in [0, 0.1) is 0 Å². The molecule has 0 radical (unpaired) electrons. The zero-order chi connectivity index (χ0) is 27.4. The summed E-state index contributed by atoms with van der Waals surface area (Å²) in [5.74, 6) is -0.480. The van der Waals surface area contributed by atoms with Crippen LogP contribution in [0.5, 0.6) is 0 Å². The fourth-order valence-corrected chi connectivity index (χ4v) is 5.18. The minimum absolute atomic E-state index is 0.0463. The maximum absolute atomic E-state index is 13.1. The Hall–Kier alpha value is -3.24. The number of benzene rings is 1. The maximum Gasteiger partial charge on any atom is 0.410 e. The second kappa shape index (κ2) is 11.7. The number of ether oxygens (including phenoxy) is 1. The summed E-state index contributed by atoms with van der Waals surface area (Å²) >= 11 is 0. The van der Waals surface area contributed by atoms with Gasteiger partial charge in [-0.3, -0.25) is 9.80 Å². The lowest BCUT2D eigenvalue weighted by molar-refractivity contribution is -0.0227. The van der Waals surface area contributed by atoms with Crippen LogP contribution >= 0.6 is 0 Å². The molecule has 38 heavy (non-hydrogen) atoms. The number of aromatic nitrogens is 2. The topological polar surface area (TPSA) is 102 Å². The van der Waals surface area contributed by atoms with E-state index in [1.807, 2.05) is 31.7 Å². The van der Waals surface area contributed by atoms with Crippen LogP contribution in [0.25, 0.3) is 0 Å². The highest BCUT2D eigenvalue weighted by Gasteiger charge is 2.38. The molecule has 2 aliphatic heterocycles. The van der Waals surface area contributed by atoms with Gasteiger partial charge in [-0.05, 0) is 40.2 Å². The van der Waals surface area contributed by atoms with Crippen molar-refractivity contribution in [2.24, 2.45) is 0 Å². The van der Waals surface area contributed by atoms with Crippen LogP contribution in [-0.4, -0.2) is 105 Å². The number of carboxylic acid groups (broad SMARTS) is 1.